The number of alkyl halides is 3. The maximum absolute atomic E-state index is 13.3. The molecule has 0 aliphatic rings. The molecule has 0 heterocycles. The maximum Gasteiger partial charge on any atom is 0.573 e. The molecule has 0 spiro atoms. The van der Waals surface area contributed by atoms with Gasteiger partial charge in [0.05, 0.1) is 5.69 Å². The summed E-state index contributed by atoms with van der Waals surface area (Å²) >= 11 is 0. The van der Waals surface area contributed by atoms with E-state index in [-0.39, 0.29) is 5.69 Å². The molecule has 0 aliphatic carbocycles. The Kier molecular flexibility index (Phi) is 4.27. The molecular weight excluding hydrogens is 268 g/mol. The van der Waals surface area contributed by atoms with Crippen LogP contribution in [0.4, 0.5) is 23.2 Å². The minimum Gasteiger partial charge on any atom is -0.406 e. The highest BCUT2D eigenvalue weighted by Gasteiger charge is 2.31. The van der Waals surface area contributed by atoms with Crippen molar-refractivity contribution in [2.45, 2.75) is 6.36 Å². The van der Waals surface area contributed by atoms with Gasteiger partial charge in [0.1, 0.15) is 17.9 Å². The predicted molar refractivity (Wildman–Crippen MR) is 55.4 cm³/mol. The lowest BCUT2D eigenvalue weighted by atomic mass is 10.3. The van der Waals surface area contributed by atoms with Crippen molar-refractivity contribution in [3.05, 3.63) is 24.0 Å². The highest BCUT2D eigenvalue weighted by molar-refractivity contribution is 6.10. The average Bonchev–Trinajstić information content (AvgIpc) is 2.30. The number of halogens is 4. The van der Waals surface area contributed by atoms with Crippen LogP contribution in [0, 0.1) is 28.5 Å². The summed E-state index contributed by atoms with van der Waals surface area (Å²) in [4.78, 5) is 0. The summed E-state index contributed by atoms with van der Waals surface area (Å²) in [6.45, 7) is 0. The standard InChI is InChI=1S/C10H4F4N4O/c11-8-3-7(19-10(12,13)14)1-2-9(8)18-17-6(4-15)5-16/h1-3,18H. The van der Waals surface area contributed by atoms with E-state index >= 15 is 0 Å². The Morgan fingerprint density at radius 1 is 1.26 bits per heavy atom. The Labute approximate surface area is 104 Å². The number of anilines is 1. The third-order valence-corrected chi connectivity index (χ3v) is 1.67. The van der Waals surface area contributed by atoms with Gasteiger partial charge >= 0.3 is 6.36 Å². The summed E-state index contributed by atoms with van der Waals surface area (Å²) in [5.74, 6) is -1.82. The molecule has 1 N–H and O–H groups in total. The van der Waals surface area contributed by atoms with E-state index in [2.05, 4.69) is 9.84 Å². The van der Waals surface area contributed by atoms with E-state index < -0.39 is 23.6 Å². The minimum atomic E-state index is -4.92. The monoisotopic (exact) mass is 272 g/mol. The van der Waals surface area contributed by atoms with Gasteiger partial charge in [-0.2, -0.15) is 15.6 Å². The van der Waals surface area contributed by atoms with Gasteiger partial charge in [0.25, 0.3) is 0 Å². The molecule has 0 saturated carbocycles. The van der Waals surface area contributed by atoms with Gasteiger partial charge in [-0.3, -0.25) is 5.43 Å². The molecule has 0 bridgehead atoms. The summed E-state index contributed by atoms with van der Waals surface area (Å²) in [7, 11) is 0. The van der Waals surface area contributed by atoms with Crippen LogP contribution < -0.4 is 10.2 Å². The number of nitrogens with zero attached hydrogens (tertiary/aromatic N) is 3. The van der Waals surface area contributed by atoms with Crippen molar-refractivity contribution < 1.29 is 22.3 Å². The third-order valence-electron chi connectivity index (χ3n) is 1.67. The fourth-order valence-corrected chi connectivity index (χ4v) is 0.975. The van der Waals surface area contributed by atoms with E-state index in [4.69, 9.17) is 10.5 Å². The fourth-order valence-electron chi connectivity index (χ4n) is 0.975. The Morgan fingerprint density at radius 2 is 1.89 bits per heavy atom. The highest BCUT2D eigenvalue weighted by atomic mass is 19.4. The topological polar surface area (TPSA) is 81.2 Å². The van der Waals surface area contributed by atoms with E-state index in [1.807, 2.05) is 5.43 Å². The van der Waals surface area contributed by atoms with E-state index in [0.717, 1.165) is 12.1 Å². The summed E-state index contributed by atoms with van der Waals surface area (Å²) in [6.07, 6.45) is -4.92. The largest absolute Gasteiger partial charge is 0.573 e. The number of nitriles is 2. The fraction of sp³-hybridized carbons (Fsp3) is 0.100. The Hall–Kier alpha value is -2.81. The molecular formula is C10H4F4N4O. The van der Waals surface area contributed by atoms with Crippen molar-refractivity contribution in [2.24, 2.45) is 5.10 Å². The molecule has 0 aromatic heterocycles. The van der Waals surface area contributed by atoms with Gasteiger partial charge in [-0.15, -0.1) is 13.2 Å². The van der Waals surface area contributed by atoms with Gasteiger partial charge < -0.3 is 4.74 Å². The molecule has 0 unspecified atom stereocenters. The van der Waals surface area contributed by atoms with Gasteiger partial charge in [0, 0.05) is 6.07 Å². The first kappa shape index (κ1) is 14.3. The molecule has 0 radical (unpaired) electrons. The second-order valence-corrected chi connectivity index (χ2v) is 2.99. The van der Waals surface area contributed by atoms with Crippen molar-refractivity contribution in [2.75, 3.05) is 5.43 Å². The first-order valence-corrected chi connectivity index (χ1v) is 4.55. The second kappa shape index (κ2) is 5.69. The first-order chi connectivity index (χ1) is 8.85. The third kappa shape index (κ3) is 4.52. The quantitative estimate of drug-likeness (QED) is 0.520. The van der Waals surface area contributed by atoms with Crippen molar-refractivity contribution in [1.29, 1.82) is 10.5 Å². The lowest BCUT2D eigenvalue weighted by Gasteiger charge is -2.09. The zero-order chi connectivity index (χ0) is 14.5. The SMILES string of the molecule is N#CC(C#N)=NNc1ccc(OC(F)(F)F)cc1F. The highest BCUT2D eigenvalue weighted by Crippen LogP contribution is 2.26. The molecule has 1 rings (SSSR count). The summed E-state index contributed by atoms with van der Waals surface area (Å²) in [5.41, 5.74) is 1.17. The molecule has 1 aromatic carbocycles. The lowest BCUT2D eigenvalue weighted by Crippen LogP contribution is -2.17. The predicted octanol–water partition coefficient (Wildman–Crippen LogP) is 2.54. The normalized spacial score (nSPS) is 10.0. The number of hydrogen-bond acceptors (Lipinski definition) is 5. The smallest absolute Gasteiger partial charge is 0.406 e. The second-order valence-electron chi connectivity index (χ2n) is 2.99. The van der Waals surface area contributed by atoms with Crippen molar-refractivity contribution in [3.8, 4) is 17.9 Å². The van der Waals surface area contributed by atoms with E-state index in [1.54, 1.807) is 0 Å². The molecule has 0 atom stereocenters. The molecule has 9 heteroatoms. The number of nitrogens with one attached hydrogen (secondary N) is 1. The van der Waals surface area contributed by atoms with Gasteiger partial charge in [-0.25, -0.2) is 4.39 Å². The zero-order valence-electron chi connectivity index (χ0n) is 8.99. The molecule has 98 valence electrons. The minimum absolute atomic E-state index is 0.308. The Morgan fingerprint density at radius 3 is 2.37 bits per heavy atom. The van der Waals surface area contributed by atoms with Crippen LogP contribution >= 0.6 is 0 Å². The van der Waals surface area contributed by atoms with Crippen LogP contribution in [0.3, 0.4) is 0 Å². The molecule has 5 nitrogen and oxygen atoms in total. The van der Waals surface area contributed by atoms with Gasteiger partial charge in [0.2, 0.25) is 5.71 Å². The summed E-state index contributed by atoms with van der Waals surface area (Å²) in [5, 5.41) is 20.0. The van der Waals surface area contributed by atoms with Crippen LogP contribution in [0.2, 0.25) is 0 Å². The number of hydrazone groups is 1. The van der Waals surface area contributed by atoms with Crippen LogP contribution in [0.1, 0.15) is 0 Å². The maximum atomic E-state index is 13.3. The zero-order valence-corrected chi connectivity index (χ0v) is 8.99. The van der Waals surface area contributed by atoms with Crippen LogP contribution in [0.5, 0.6) is 5.75 Å². The number of hydrogen-bond donors (Lipinski definition) is 1. The van der Waals surface area contributed by atoms with Crippen molar-refractivity contribution in [3.63, 3.8) is 0 Å². The van der Waals surface area contributed by atoms with E-state index in [9.17, 15) is 17.6 Å². The average molecular weight is 272 g/mol. The van der Waals surface area contributed by atoms with Gasteiger partial charge in [0.15, 0.2) is 5.82 Å². The first-order valence-electron chi connectivity index (χ1n) is 4.55. The Balaban J connectivity index is 2.88. The molecule has 0 saturated heterocycles. The molecule has 19 heavy (non-hydrogen) atoms. The molecule has 0 fully saturated rings. The van der Waals surface area contributed by atoms with Crippen LogP contribution in [-0.2, 0) is 0 Å². The van der Waals surface area contributed by atoms with Crippen molar-refractivity contribution >= 4 is 11.4 Å². The number of benzene rings is 1. The van der Waals surface area contributed by atoms with Gasteiger partial charge in [-0.05, 0) is 12.1 Å². The Bertz CT molecular complexity index is 567. The lowest BCUT2D eigenvalue weighted by molar-refractivity contribution is -0.274. The van der Waals surface area contributed by atoms with Gasteiger partial charge in [-0.1, -0.05) is 0 Å². The molecule has 0 aliphatic heterocycles. The van der Waals surface area contributed by atoms with Crippen LogP contribution in [-0.4, -0.2) is 12.1 Å². The van der Waals surface area contributed by atoms with E-state index in [0.29, 0.717) is 6.07 Å². The van der Waals surface area contributed by atoms with Crippen molar-refractivity contribution in [1.82, 2.24) is 0 Å². The number of ether oxygens (including phenoxy) is 1. The molecule has 0 amide bonds. The van der Waals surface area contributed by atoms with Crippen LogP contribution in [0.15, 0.2) is 23.3 Å². The summed E-state index contributed by atoms with van der Waals surface area (Å²) in [6, 6.07) is 5.10. The summed E-state index contributed by atoms with van der Waals surface area (Å²) < 4.78 is 52.4. The molecule has 1 aromatic rings. The van der Waals surface area contributed by atoms with Crippen LogP contribution in [0.25, 0.3) is 0 Å². The number of rotatable bonds is 3. The van der Waals surface area contributed by atoms with E-state index in [1.165, 1.54) is 12.1 Å².